The van der Waals surface area contributed by atoms with Gasteiger partial charge in [-0.25, -0.2) is 0 Å². The van der Waals surface area contributed by atoms with Crippen LogP contribution in [0.4, 0.5) is 0 Å². The van der Waals surface area contributed by atoms with Crippen molar-refractivity contribution >= 4 is 35.0 Å². The summed E-state index contributed by atoms with van der Waals surface area (Å²) in [6.07, 6.45) is 0. The van der Waals surface area contributed by atoms with Crippen LogP contribution in [-0.4, -0.2) is 16.9 Å². The van der Waals surface area contributed by atoms with Crippen molar-refractivity contribution in [3.8, 4) is 0 Å². The smallest absolute Gasteiger partial charge is 0.258 e. The molecular weight excluding hydrogens is 433 g/mol. The molecule has 1 saturated heterocycles. The fourth-order valence-electron chi connectivity index (χ4n) is 5.55. The molecule has 0 unspecified atom stereocenters. The van der Waals surface area contributed by atoms with E-state index < -0.39 is 11.8 Å². The molecule has 6 heteroatoms. The molecule has 2 atom stereocenters. The first kappa shape index (κ1) is 19.1. The second-order valence-corrected chi connectivity index (χ2v) is 9.07. The molecule has 3 aromatic rings. The van der Waals surface area contributed by atoms with E-state index in [1.165, 1.54) is 0 Å². The number of carbonyl (C=O) groups excluding carboxylic acids is 2. The van der Waals surface area contributed by atoms with Gasteiger partial charge in [0.2, 0.25) is 0 Å². The molecule has 0 aromatic heterocycles. The number of hydroxylamine groups is 2. The standard InChI is InChI=1S/C25H17Cl2NO3/c26-18-10-9-13(11-19(18)27)12-31-28-24(29)22-20-14-5-1-2-6-15(14)21(23(22)25(28)30)17-8-4-3-7-16(17)20/h1-11,20-23H,12H2/t20?,21?,22-,23-/m1/s1. The van der Waals surface area contributed by atoms with Crippen LogP contribution in [0, 0.1) is 11.8 Å². The second kappa shape index (κ2) is 6.92. The lowest BCUT2D eigenvalue weighted by atomic mass is 9.55. The van der Waals surface area contributed by atoms with Gasteiger partial charge in [-0.3, -0.25) is 14.4 Å². The van der Waals surface area contributed by atoms with E-state index in [0.717, 1.165) is 32.9 Å². The van der Waals surface area contributed by atoms with Gasteiger partial charge in [-0.15, -0.1) is 0 Å². The largest absolute Gasteiger partial charge is 0.272 e. The number of benzene rings is 3. The first-order valence-corrected chi connectivity index (χ1v) is 10.9. The van der Waals surface area contributed by atoms with Gasteiger partial charge in [0.15, 0.2) is 0 Å². The van der Waals surface area contributed by atoms with Crippen LogP contribution in [0.15, 0.2) is 66.7 Å². The Morgan fingerprint density at radius 2 is 1.19 bits per heavy atom. The molecule has 7 rings (SSSR count). The highest BCUT2D eigenvalue weighted by Crippen LogP contribution is 2.60. The first-order chi connectivity index (χ1) is 15.1. The van der Waals surface area contributed by atoms with Gasteiger partial charge in [0.1, 0.15) is 6.61 Å². The van der Waals surface area contributed by atoms with Crippen LogP contribution in [0.3, 0.4) is 0 Å². The molecule has 1 heterocycles. The second-order valence-electron chi connectivity index (χ2n) is 8.26. The third kappa shape index (κ3) is 2.65. The summed E-state index contributed by atoms with van der Waals surface area (Å²) in [5, 5.41) is 1.83. The number of hydrogen-bond donors (Lipinski definition) is 0. The molecule has 2 bridgehead atoms. The molecule has 0 N–H and O–H groups in total. The molecular formula is C25H17Cl2NO3. The highest BCUT2D eigenvalue weighted by Gasteiger charge is 2.62. The summed E-state index contributed by atoms with van der Waals surface area (Å²) in [6, 6.07) is 21.4. The van der Waals surface area contributed by atoms with Crippen molar-refractivity contribution in [1.82, 2.24) is 5.06 Å². The summed E-state index contributed by atoms with van der Waals surface area (Å²) < 4.78 is 0. The van der Waals surface area contributed by atoms with Crippen LogP contribution in [0.2, 0.25) is 10.0 Å². The van der Waals surface area contributed by atoms with Gasteiger partial charge in [0, 0.05) is 11.8 Å². The van der Waals surface area contributed by atoms with Crippen molar-refractivity contribution in [2.75, 3.05) is 0 Å². The Kier molecular flexibility index (Phi) is 4.26. The highest BCUT2D eigenvalue weighted by atomic mass is 35.5. The van der Waals surface area contributed by atoms with Crippen molar-refractivity contribution < 1.29 is 14.4 Å². The number of carbonyl (C=O) groups is 2. The average molecular weight is 450 g/mol. The normalized spacial score (nSPS) is 25.4. The van der Waals surface area contributed by atoms with Crippen molar-refractivity contribution in [1.29, 1.82) is 0 Å². The van der Waals surface area contributed by atoms with E-state index in [1.54, 1.807) is 18.2 Å². The minimum absolute atomic E-state index is 0.0586. The molecule has 0 spiro atoms. The Labute approximate surface area is 189 Å². The number of imide groups is 1. The first-order valence-electron chi connectivity index (χ1n) is 10.2. The van der Waals surface area contributed by atoms with E-state index in [2.05, 4.69) is 24.3 Å². The van der Waals surface area contributed by atoms with Gasteiger partial charge in [0.05, 0.1) is 21.9 Å². The predicted molar refractivity (Wildman–Crippen MR) is 117 cm³/mol. The average Bonchev–Trinajstić information content (AvgIpc) is 3.05. The molecule has 0 saturated carbocycles. The van der Waals surface area contributed by atoms with Crippen molar-refractivity contribution in [3.63, 3.8) is 0 Å². The lowest BCUT2D eigenvalue weighted by Gasteiger charge is -2.45. The molecule has 0 radical (unpaired) electrons. The lowest BCUT2D eigenvalue weighted by molar-refractivity contribution is -0.193. The molecule has 31 heavy (non-hydrogen) atoms. The zero-order valence-corrected chi connectivity index (χ0v) is 17.8. The van der Waals surface area contributed by atoms with Crippen LogP contribution in [0.1, 0.15) is 39.7 Å². The SMILES string of the molecule is O=C1[C@@H]2C3c4ccccc4C(c4ccccc43)[C@H]2C(=O)N1OCc1ccc(Cl)c(Cl)c1. The van der Waals surface area contributed by atoms with Gasteiger partial charge in [-0.05, 0) is 39.9 Å². The Morgan fingerprint density at radius 3 is 1.65 bits per heavy atom. The zero-order chi connectivity index (χ0) is 21.3. The van der Waals surface area contributed by atoms with Crippen molar-refractivity contribution in [2.45, 2.75) is 18.4 Å². The topological polar surface area (TPSA) is 46.6 Å². The van der Waals surface area contributed by atoms with E-state index in [1.807, 2.05) is 24.3 Å². The van der Waals surface area contributed by atoms with Crippen molar-refractivity contribution in [3.05, 3.63) is 105 Å². The molecule has 154 valence electrons. The van der Waals surface area contributed by atoms with E-state index in [9.17, 15) is 9.59 Å². The number of rotatable bonds is 3. The molecule has 2 amide bonds. The summed E-state index contributed by atoms with van der Waals surface area (Å²) in [5.74, 6) is -1.72. The minimum atomic E-state index is -0.448. The van der Waals surface area contributed by atoms with E-state index in [4.69, 9.17) is 28.0 Å². The number of hydrogen-bond acceptors (Lipinski definition) is 3. The number of amides is 2. The number of nitrogens with zero attached hydrogens (tertiary/aromatic N) is 1. The maximum atomic E-state index is 13.4. The lowest BCUT2D eigenvalue weighted by Crippen LogP contribution is -2.41. The maximum absolute atomic E-state index is 13.4. The Bertz CT molecular complexity index is 1140. The Balaban J connectivity index is 1.38. The van der Waals surface area contributed by atoms with Crippen LogP contribution < -0.4 is 0 Å². The molecule has 1 aliphatic heterocycles. The monoisotopic (exact) mass is 449 g/mol. The van der Waals surface area contributed by atoms with E-state index in [0.29, 0.717) is 10.0 Å². The molecule has 4 nitrogen and oxygen atoms in total. The predicted octanol–water partition coefficient (Wildman–Crippen LogP) is 5.32. The van der Waals surface area contributed by atoms with Crippen LogP contribution in [0.5, 0.6) is 0 Å². The van der Waals surface area contributed by atoms with Crippen LogP contribution in [0.25, 0.3) is 0 Å². The Hall–Kier alpha value is -2.66. The van der Waals surface area contributed by atoms with Gasteiger partial charge in [-0.1, -0.05) is 77.8 Å². The summed E-state index contributed by atoms with van der Waals surface area (Å²) in [5.41, 5.74) is 5.29. The fourth-order valence-corrected chi connectivity index (χ4v) is 5.87. The highest BCUT2D eigenvalue weighted by molar-refractivity contribution is 6.42. The van der Waals surface area contributed by atoms with E-state index in [-0.39, 0.29) is 30.3 Å². The van der Waals surface area contributed by atoms with Gasteiger partial charge in [-0.2, -0.15) is 5.06 Å². The maximum Gasteiger partial charge on any atom is 0.258 e. The quantitative estimate of drug-likeness (QED) is 0.508. The van der Waals surface area contributed by atoms with E-state index >= 15 is 0 Å². The van der Waals surface area contributed by atoms with Crippen LogP contribution >= 0.6 is 23.2 Å². The molecule has 3 aliphatic carbocycles. The van der Waals surface area contributed by atoms with Gasteiger partial charge >= 0.3 is 0 Å². The third-order valence-electron chi connectivity index (χ3n) is 6.75. The summed E-state index contributed by atoms with van der Waals surface area (Å²) >= 11 is 12.1. The van der Waals surface area contributed by atoms with Gasteiger partial charge in [0.25, 0.3) is 11.8 Å². The summed E-state index contributed by atoms with van der Waals surface area (Å²) in [6.45, 7) is 0.0586. The molecule has 3 aromatic carbocycles. The summed E-state index contributed by atoms with van der Waals surface area (Å²) in [4.78, 5) is 32.6. The van der Waals surface area contributed by atoms with Crippen molar-refractivity contribution in [2.24, 2.45) is 11.8 Å². The van der Waals surface area contributed by atoms with Crippen LogP contribution in [-0.2, 0) is 21.0 Å². The summed E-state index contributed by atoms with van der Waals surface area (Å²) in [7, 11) is 0. The Morgan fingerprint density at radius 1 is 0.710 bits per heavy atom. The minimum Gasteiger partial charge on any atom is -0.272 e. The fraction of sp³-hybridized carbons (Fsp3) is 0.200. The third-order valence-corrected chi connectivity index (χ3v) is 7.49. The van der Waals surface area contributed by atoms with Gasteiger partial charge < -0.3 is 0 Å². The molecule has 1 fully saturated rings. The zero-order valence-electron chi connectivity index (χ0n) is 16.3. The molecule has 4 aliphatic rings. The number of halogens is 2.